The van der Waals surface area contributed by atoms with Crippen molar-refractivity contribution in [1.29, 1.82) is 0 Å². The highest BCUT2D eigenvalue weighted by Gasteiger charge is 2.43. The van der Waals surface area contributed by atoms with Crippen molar-refractivity contribution in [2.24, 2.45) is 5.92 Å². The normalized spacial score (nSPS) is 22.7. The summed E-state index contributed by atoms with van der Waals surface area (Å²) >= 11 is 0. The zero-order chi connectivity index (χ0) is 18.7. The lowest BCUT2D eigenvalue weighted by Crippen LogP contribution is -2.35. The largest absolute Gasteiger partial charge is 0.497 e. The Hall–Kier alpha value is -2.82. The lowest BCUT2D eigenvalue weighted by molar-refractivity contribution is -0.145. The number of carboxylic acids is 1. The summed E-state index contributed by atoms with van der Waals surface area (Å²) in [5, 5.41) is 9.93. The zero-order valence-electron chi connectivity index (χ0n) is 14.8. The minimum atomic E-state index is -0.876. The minimum absolute atomic E-state index is 0.0872. The molecule has 0 aliphatic heterocycles. The molecule has 2 atom stereocenters. The van der Waals surface area contributed by atoms with Crippen molar-refractivity contribution in [3.05, 3.63) is 59.7 Å². The summed E-state index contributed by atoms with van der Waals surface area (Å²) < 4.78 is 10.3. The number of benzene rings is 2. The summed E-state index contributed by atoms with van der Waals surface area (Å²) in [6.07, 6.45) is 0.492. The quantitative estimate of drug-likeness (QED) is 0.887. The van der Waals surface area contributed by atoms with E-state index in [4.69, 9.17) is 9.47 Å². The third kappa shape index (κ3) is 3.57. The van der Waals surface area contributed by atoms with Crippen molar-refractivity contribution in [1.82, 2.24) is 0 Å². The molecule has 136 valence electrons. The monoisotopic (exact) mass is 354 g/mol. The van der Waals surface area contributed by atoms with Crippen LogP contribution in [-0.4, -0.2) is 31.1 Å². The first kappa shape index (κ1) is 18.0. The van der Waals surface area contributed by atoms with E-state index in [1.807, 2.05) is 24.3 Å². The van der Waals surface area contributed by atoms with Crippen molar-refractivity contribution < 1.29 is 24.2 Å². The fraction of sp³-hybridized carbons (Fsp3) is 0.333. The number of Topliss-reactive ketones (excluding diaryl/α,β-unsaturated/α-hetero) is 1. The van der Waals surface area contributed by atoms with Crippen LogP contribution in [0.4, 0.5) is 0 Å². The fourth-order valence-electron chi connectivity index (χ4n) is 3.81. The van der Waals surface area contributed by atoms with Gasteiger partial charge in [-0.05, 0) is 35.4 Å². The van der Waals surface area contributed by atoms with Crippen LogP contribution in [0.1, 0.15) is 35.8 Å². The Kier molecular flexibility index (Phi) is 5.26. The Morgan fingerprint density at radius 3 is 1.54 bits per heavy atom. The molecular formula is C21H22O5. The van der Waals surface area contributed by atoms with Gasteiger partial charge >= 0.3 is 5.97 Å². The summed E-state index contributed by atoms with van der Waals surface area (Å²) in [5.74, 6) is -0.750. The summed E-state index contributed by atoms with van der Waals surface area (Å²) in [5.41, 5.74) is 1.70. The van der Waals surface area contributed by atoms with E-state index in [0.29, 0.717) is 11.5 Å². The molecule has 2 aromatic rings. The zero-order valence-corrected chi connectivity index (χ0v) is 14.8. The molecule has 0 heterocycles. The maximum absolute atomic E-state index is 12.4. The highest BCUT2D eigenvalue weighted by atomic mass is 16.5. The average Bonchev–Trinajstić information content (AvgIpc) is 2.67. The number of carbonyl (C=O) groups excluding carboxylic acids is 1. The molecule has 0 amide bonds. The van der Waals surface area contributed by atoms with E-state index >= 15 is 0 Å². The molecule has 0 spiro atoms. The molecule has 0 bridgehead atoms. The average molecular weight is 354 g/mol. The fourth-order valence-corrected chi connectivity index (χ4v) is 3.81. The van der Waals surface area contributed by atoms with Gasteiger partial charge in [0.1, 0.15) is 17.3 Å². The van der Waals surface area contributed by atoms with Gasteiger partial charge < -0.3 is 14.6 Å². The molecule has 2 aromatic carbocycles. The number of methoxy groups -OCH3 is 2. The second-order valence-corrected chi connectivity index (χ2v) is 6.57. The molecule has 1 fully saturated rings. The summed E-state index contributed by atoms with van der Waals surface area (Å²) in [4.78, 5) is 24.5. The molecule has 26 heavy (non-hydrogen) atoms. The maximum atomic E-state index is 12.4. The first-order valence-corrected chi connectivity index (χ1v) is 8.56. The first-order valence-electron chi connectivity index (χ1n) is 8.56. The number of carbonyl (C=O) groups is 2. The highest BCUT2D eigenvalue weighted by molar-refractivity contribution is 5.85. The Bertz CT molecular complexity index is 720. The van der Waals surface area contributed by atoms with Crippen LogP contribution in [0.2, 0.25) is 0 Å². The second kappa shape index (κ2) is 7.60. The van der Waals surface area contributed by atoms with E-state index in [0.717, 1.165) is 11.1 Å². The van der Waals surface area contributed by atoms with Gasteiger partial charge in [-0.3, -0.25) is 9.59 Å². The number of aliphatic carboxylic acids is 1. The summed E-state index contributed by atoms with van der Waals surface area (Å²) in [7, 11) is 3.16. The number of ether oxygens (including phenoxy) is 2. The Balaban J connectivity index is 1.97. The van der Waals surface area contributed by atoms with E-state index in [-0.39, 0.29) is 30.5 Å². The van der Waals surface area contributed by atoms with Crippen molar-refractivity contribution in [3.63, 3.8) is 0 Å². The van der Waals surface area contributed by atoms with Gasteiger partial charge in [0.25, 0.3) is 0 Å². The van der Waals surface area contributed by atoms with Crippen LogP contribution in [-0.2, 0) is 9.59 Å². The molecule has 0 saturated heterocycles. The number of ketones is 1. The predicted octanol–water partition coefficient (Wildman–Crippen LogP) is 3.63. The molecule has 0 aromatic heterocycles. The number of hydrogen-bond acceptors (Lipinski definition) is 4. The van der Waals surface area contributed by atoms with Crippen LogP contribution in [0.3, 0.4) is 0 Å². The standard InChI is InChI=1S/C21H22O5/c1-25-16-7-3-13(4-8-16)18-11-15(22)12-19(20(18)21(23)24)14-5-9-17(26-2)10-6-14/h3-10,18-20H,11-12H2,1-2H3,(H,23,24). The molecule has 5 nitrogen and oxygen atoms in total. The maximum Gasteiger partial charge on any atom is 0.307 e. The van der Waals surface area contributed by atoms with E-state index in [9.17, 15) is 14.7 Å². The first-order chi connectivity index (χ1) is 12.5. The smallest absolute Gasteiger partial charge is 0.307 e. The van der Waals surface area contributed by atoms with Crippen LogP contribution >= 0.6 is 0 Å². The SMILES string of the molecule is COc1ccc(C2CC(=O)CC(c3ccc(OC)cc3)C2C(=O)O)cc1. The molecule has 5 heteroatoms. The Morgan fingerprint density at radius 1 is 0.846 bits per heavy atom. The van der Waals surface area contributed by atoms with Crippen molar-refractivity contribution >= 4 is 11.8 Å². The van der Waals surface area contributed by atoms with Gasteiger partial charge in [0.05, 0.1) is 20.1 Å². The molecule has 1 aliphatic carbocycles. The molecule has 0 radical (unpaired) electrons. The van der Waals surface area contributed by atoms with E-state index < -0.39 is 11.9 Å². The Morgan fingerprint density at radius 2 is 1.23 bits per heavy atom. The molecular weight excluding hydrogens is 332 g/mol. The Labute approximate surface area is 152 Å². The van der Waals surface area contributed by atoms with Crippen molar-refractivity contribution in [2.45, 2.75) is 24.7 Å². The van der Waals surface area contributed by atoms with Crippen LogP contribution in [0.25, 0.3) is 0 Å². The summed E-state index contributed by atoms with van der Waals surface area (Å²) in [6, 6.07) is 14.6. The van der Waals surface area contributed by atoms with Gasteiger partial charge in [-0.15, -0.1) is 0 Å². The lowest BCUT2D eigenvalue weighted by Gasteiger charge is -2.35. The van der Waals surface area contributed by atoms with Gasteiger partial charge in [0, 0.05) is 24.7 Å². The van der Waals surface area contributed by atoms with Gasteiger partial charge in [-0.2, -0.15) is 0 Å². The van der Waals surface area contributed by atoms with Gasteiger partial charge in [-0.1, -0.05) is 24.3 Å². The third-order valence-corrected chi connectivity index (χ3v) is 5.14. The summed E-state index contributed by atoms with van der Waals surface area (Å²) in [6.45, 7) is 0. The van der Waals surface area contributed by atoms with E-state index in [1.54, 1.807) is 38.5 Å². The second-order valence-electron chi connectivity index (χ2n) is 6.57. The van der Waals surface area contributed by atoms with Crippen LogP contribution < -0.4 is 9.47 Å². The van der Waals surface area contributed by atoms with Crippen LogP contribution in [0.15, 0.2) is 48.5 Å². The third-order valence-electron chi connectivity index (χ3n) is 5.14. The van der Waals surface area contributed by atoms with Crippen LogP contribution in [0, 0.1) is 5.92 Å². The molecule has 2 unspecified atom stereocenters. The van der Waals surface area contributed by atoms with E-state index in [1.165, 1.54) is 0 Å². The lowest BCUT2D eigenvalue weighted by atomic mass is 9.66. The van der Waals surface area contributed by atoms with Crippen LogP contribution in [0.5, 0.6) is 11.5 Å². The molecule has 1 aliphatic rings. The number of carboxylic acid groups (broad SMARTS) is 1. The van der Waals surface area contributed by atoms with Crippen molar-refractivity contribution in [3.8, 4) is 11.5 Å². The topological polar surface area (TPSA) is 72.8 Å². The minimum Gasteiger partial charge on any atom is -0.497 e. The van der Waals surface area contributed by atoms with E-state index in [2.05, 4.69) is 0 Å². The molecule has 1 N–H and O–H groups in total. The van der Waals surface area contributed by atoms with Gasteiger partial charge in [-0.25, -0.2) is 0 Å². The molecule has 3 rings (SSSR count). The van der Waals surface area contributed by atoms with Gasteiger partial charge in [0.15, 0.2) is 0 Å². The highest BCUT2D eigenvalue weighted by Crippen LogP contribution is 2.45. The molecule has 1 saturated carbocycles. The van der Waals surface area contributed by atoms with Gasteiger partial charge in [0.2, 0.25) is 0 Å². The number of hydrogen-bond donors (Lipinski definition) is 1. The van der Waals surface area contributed by atoms with Crippen molar-refractivity contribution in [2.75, 3.05) is 14.2 Å². The number of rotatable bonds is 5. The predicted molar refractivity (Wildman–Crippen MR) is 96.8 cm³/mol.